The summed E-state index contributed by atoms with van der Waals surface area (Å²) in [6.07, 6.45) is 1.54. The Hall–Kier alpha value is -1.65. The number of hydrogen-bond acceptors (Lipinski definition) is 4. The van der Waals surface area contributed by atoms with Crippen LogP contribution in [0.1, 0.15) is 31.0 Å². The fraction of sp³-hybridized carbons (Fsp3) is 0.545. The first kappa shape index (κ1) is 10.9. The third kappa shape index (κ3) is 1.52. The highest BCUT2D eigenvalue weighted by Crippen LogP contribution is 2.27. The summed E-state index contributed by atoms with van der Waals surface area (Å²) in [5.74, 6) is 2.05. The van der Waals surface area contributed by atoms with Crippen LogP contribution in [0.15, 0.2) is 6.33 Å². The van der Waals surface area contributed by atoms with Crippen molar-refractivity contribution in [3.63, 3.8) is 0 Å². The first-order valence-electron chi connectivity index (χ1n) is 5.40. The van der Waals surface area contributed by atoms with Gasteiger partial charge in [0.25, 0.3) is 5.78 Å². The van der Waals surface area contributed by atoms with Gasteiger partial charge in [-0.3, -0.25) is 0 Å². The predicted octanol–water partition coefficient (Wildman–Crippen LogP) is 1.62. The lowest BCUT2D eigenvalue weighted by molar-refractivity contribution is 0.785. The van der Waals surface area contributed by atoms with Crippen LogP contribution in [0.3, 0.4) is 0 Å². The average molecular weight is 219 g/mol. The molecule has 5 heteroatoms. The number of hydrogen-bond donors (Lipinski definition) is 0. The molecule has 0 fully saturated rings. The van der Waals surface area contributed by atoms with Crippen molar-refractivity contribution in [1.82, 2.24) is 19.6 Å². The van der Waals surface area contributed by atoms with Gasteiger partial charge >= 0.3 is 0 Å². The smallest absolute Gasteiger partial charge is 0.254 e. The lowest BCUT2D eigenvalue weighted by Gasteiger charge is -2.20. The Morgan fingerprint density at radius 2 is 2.00 bits per heavy atom. The van der Waals surface area contributed by atoms with E-state index in [1.165, 1.54) is 5.56 Å². The van der Waals surface area contributed by atoms with Gasteiger partial charge in [-0.2, -0.15) is 15.1 Å². The molecule has 0 amide bonds. The zero-order chi connectivity index (χ0) is 11.9. The summed E-state index contributed by atoms with van der Waals surface area (Å²) in [5.41, 5.74) is 2.34. The largest absolute Gasteiger partial charge is 0.362 e. The number of nitrogens with zero attached hydrogens (tertiary/aromatic N) is 5. The molecule has 2 rings (SSSR count). The fourth-order valence-electron chi connectivity index (χ4n) is 2.00. The van der Waals surface area contributed by atoms with Crippen LogP contribution >= 0.6 is 0 Å². The third-order valence-corrected chi connectivity index (χ3v) is 2.69. The Morgan fingerprint density at radius 3 is 2.56 bits per heavy atom. The molecule has 0 atom stereocenters. The van der Waals surface area contributed by atoms with E-state index in [4.69, 9.17) is 0 Å². The van der Waals surface area contributed by atoms with Gasteiger partial charge in [0.2, 0.25) is 0 Å². The SMILES string of the molecule is Cc1c(C(C)C)c(N(C)C)nc2ncnn12. The molecular formula is C11H17N5. The van der Waals surface area contributed by atoms with Gasteiger partial charge < -0.3 is 4.90 Å². The van der Waals surface area contributed by atoms with Crippen LogP contribution in [0.25, 0.3) is 5.78 Å². The maximum atomic E-state index is 4.53. The van der Waals surface area contributed by atoms with E-state index >= 15 is 0 Å². The summed E-state index contributed by atoms with van der Waals surface area (Å²) in [4.78, 5) is 10.7. The Labute approximate surface area is 95.1 Å². The molecule has 86 valence electrons. The van der Waals surface area contributed by atoms with Gasteiger partial charge in [-0.15, -0.1) is 0 Å². The minimum atomic E-state index is 0.415. The Balaban J connectivity index is 2.80. The summed E-state index contributed by atoms with van der Waals surface area (Å²) < 4.78 is 1.79. The molecule has 0 aromatic carbocycles. The van der Waals surface area contributed by atoms with E-state index < -0.39 is 0 Å². The maximum Gasteiger partial charge on any atom is 0.254 e. The molecule has 5 nitrogen and oxygen atoms in total. The minimum absolute atomic E-state index is 0.415. The van der Waals surface area contributed by atoms with Crippen LogP contribution in [-0.4, -0.2) is 33.7 Å². The molecule has 16 heavy (non-hydrogen) atoms. The summed E-state index contributed by atoms with van der Waals surface area (Å²) in [6, 6.07) is 0. The molecule has 2 heterocycles. The molecule has 0 saturated heterocycles. The highest BCUT2D eigenvalue weighted by molar-refractivity contribution is 5.54. The normalized spacial score (nSPS) is 11.4. The van der Waals surface area contributed by atoms with Crippen LogP contribution in [0.2, 0.25) is 0 Å². The van der Waals surface area contributed by atoms with Crippen molar-refractivity contribution < 1.29 is 0 Å². The molecule has 0 N–H and O–H groups in total. The molecule has 0 saturated carbocycles. The van der Waals surface area contributed by atoms with Gasteiger partial charge in [-0.25, -0.2) is 4.52 Å². The first-order chi connectivity index (χ1) is 7.52. The van der Waals surface area contributed by atoms with Gasteiger partial charge in [-0.1, -0.05) is 13.8 Å². The monoisotopic (exact) mass is 219 g/mol. The fourth-order valence-corrected chi connectivity index (χ4v) is 2.00. The van der Waals surface area contributed by atoms with Crippen LogP contribution in [0.4, 0.5) is 5.82 Å². The summed E-state index contributed by atoms with van der Waals surface area (Å²) in [5, 5.41) is 4.19. The number of aromatic nitrogens is 4. The number of anilines is 1. The van der Waals surface area contributed by atoms with Crippen LogP contribution in [-0.2, 0) is 0 Å². The second kappa shape index (κ2) is 3.73. The first-order valence-corrected chi connectivity index (χ1v) is 5.40. The number of aryl methyl sites for hydroxylation is 1. The second-order valence-corrected chi connectivity index (χ2v) is 4.46. The molecule has 0 bridgehead atoms. The highest BCUT2D eigenvalue weighted by atomic mass is 15.3. The molecule has 0 radical (unpaired) electrons. The molecule has 0 unspecified atom stereocenters. The zero-order valence-corrected chi connectivity index (χ0v) is 10.4. The van der Waals surface area contributed by atoms with E-state index in [1.54, 1.807) is 10.8 Å². The van der Waals surface area contributed by atoms with Gasteiger partial charge in [0.05, 0.1) is 5.69 Å². The molecule has 0 aliphatic rings. The van der Waals surface area contributed by atoms with Crippen molar-refractivity contribution in [2.75, 3.05) is 19.0 Å². The predicted molar refractivity (Wildman–Crippen MR) is 63.9 cm³/mol. The quantitative estimate of drug-likeness (QED) is 0.770. The van der Waals surface area contributed by atoms with Crippen molar-refractivity contribution in [3.05, 3.63) is 17.6 Å². The van der Waals surface area contributed by atoms with Crippen molar-refractivity contribution in [3.8, 4) is 0 Å². The summed E-state index contributed by atoms with van der Waals surface area (Å²) in [7, 11) is 4.00. The van der Waals surface area contributed by atoms with Gasteiger partial charge in [0.15, 0.2) is 0 Å². The Morgan fingerprint density at radius 1 is 1.31 bits per heavy atom. The average Bonchev–Trinajstić information content (AvgIpc) is 2.64. The van der Waals surface area contributed by atoms with E-state index in [9.17, 15) is 0 Å². The Kier molecular flexibility index (Phi) is 2.53. The molecule has 0 spiro atoms. The number of rotatable bonds is 2. The van der Waals surface area contributed by atoms with E-state index in [2.05, 4.69) is 35.8 Å². The number of fused-ring (bicyclic) bond motifs is 1. The molecular weight excluding hydrogens is 202 g/mol. The minimum Gasteiger partial charge on any atom is -0.362 e. The maximum absolute atomic E-state index is 4.53. The van der Waals surface area contributed by atoms with Gasteiger partial charge in [-0.05, 0) is 12.8 Å². The highest BCUT2D eigenvalue weighted by Gasteiger charge is 2.17. The summed E-state index contributed by atoms with van der Waals surface area (Å²) in [6.45, 7) is 6.39. The van der Waals surface area contributed by atoms with Crippen molar-refractivity contribution >= 4 is 11.6 Å². The van der Waals surface area contributed by atoms with E-state index in [0.29, 0.717) is 11.7 Å². The molecule has 0 aliphatic heterocycles. The van der Waals surface area contributed by atoms with E-state index in [-0.39, 0.29) is 0 Å². The standard InChI is InChI=1S/C11H17N5/c1-7(2)9-8(3)16-11(12-6-13-16)14-10(9)15(4)5/h6-7H,1-5H3. The Bertz CT molecular complexity index is 512. The lowest BCUT2D eigenvalue weighted by Crippen LogP contribution is -2.17. The van der Waals surface area contributed by atoms with E-state index in [1.807, 2.05) is 19.0 Å². The van der Waals surface area contributed by atoms with Crippen LogP contribution < -0.4 is 4.90 Å². The topological polar surface area (TPSA) is 46.3 Å². The van der Waals surface area contributed by atoms with Crippen LogP contribution in [0.5, 0.6) is 0 Å². The van der Waals surface area contributed by atoms with Gasteiger partial charge in [0.1, 0.15) is 12.1 Å². The molecule has 2 aromatic heterocycles. The molecule has 2 aromatic rings. The van der Waals surface area contributed by atoms with Crippen molar-refractivity contribution in [1.29, 1.82) is 0 Å². The molecule has 0 aliphatic carbocycles. The van der Waals surface area contributed by atoms with Gasteiger partial charge in [0, 0.05) is 19.7 Å². The summed E-state index contributed by atoms with van der Waals surface area (Å²) >= 11 is 0. The lowest BCUT2D eigenvalue weighted by atomic mass is 10.0. The third-order valence-electron chi connectivity index (χ3n) is 2.69. The van der Waals surface area contributed by atoms with E-state index in [0.717, 1.165) is 11.5 Å². The van der Waals surface area contributed by atoms with Crippen molar-refractivity contribution in [2.45, 2.75) is 26.7 Å². The van der Waals surface area contributed by atoms with Crippen LogP contribution in [0, 0.1) is 6.92 Å². The zero-order valence-electron chi connectivity index (χ0n) is 10.4. The second-order valence-electron chi connectivity index (χ2n) is 4.46. The van der Waals surface area contributed by atoms with Crippen molar-refractivity contribution in [2.24, 2.45) is 0 Å².